The SMILES string of the molecule is CCC1(CC)CCN(CCC(=O)OC)CC1. The summed E-state index contributed by atoms with van der Waals surface area (Å²) < 4.78 is 4.66. The fourth-order valence-corrected chi connectivity index (χ4v) is 2.56. The Balaban J connectivity index is 2.29. The Bertz CT molecular complexity index is 214. The summed E-state index contributed by atoms with van der Waals surface area (Å²) >= 11 is 0. The maximum Gasteiger partial charge on any atom is 0.306 e. The highest BCUT2D eigenvalue weighted by molar-refractivity contribution is 5.69. The van der Waals surface area contributed by atoms with Crippen LogP contribution in [-0.4, -0.2) is 37.6 Å². The van der Waals surface area contributed by atoms with E-state index >= 15 is 0 Å². The minimum atomic E-state index is -0.0946. The standard InChI is InChI=1S/C13H25NO2/c1-4-13(5-2)7-10-14(11-8-13)9-6-12(15)16-3/h4-11H2,1-3H3. The lowest BCUT2D eigenvalue weighted by atomic mass is 9.74. The van der Waals surface area contributed by atoms with Crippen molar-refractivity contribution in [1.82, 2.24) is 4.90 Å². The first-order valence-electron chi connectivity index (χ1n) is 6.45. The van der Waals surface area contributed by atoms with Crippen LogP contribution < -0.4 is 0 Å². The van der Waals surface area contributed by atoms with Crippen LogP contribution in [-0.2, 0) is 9.53 Å². The number of hydrogen-bond acceptors (Lipinski definition) is 3. The zero-order valence-electron chi connectivity index (χ0n) is 10.9. The highest BCUT2D eigenvalue weighted by atomic mass is 16.5. The molecule has 0 saturated carbocycles. The molecule has 1 rings (SSSR count). The maximum absolute atomic E-state index is 11.0. The van der Waals surface area contributed by atoms with E-state index in [1.807, 2.05) is 0 Å². The number of hydrogen-bond donors (Lipinski definition) is 0. The molecule has 0 bridgehead atoms. The van der Waals surface area contributed by atoms with Crippen LogP contribution in [0.2, 0.25) is 0 Å². The van der Waals surface area contributed by atoms with Gasteiger partial charge in [0.2, 0.25) is 0 Å². The molecule has 0 aromatic heterocycles. The Labute approximate surface area is 99.1 Å². The summed E-state index contributed by atoms with van der Waals surface area (Å²) in [7, 11) is 1.46. The van der Waals surface area contributed by atoms with Crippen LogP contribution in [0, 0.1) is 5.41 Å². The first-order valence-corrected chi connectivity index (χ1v) is 6.45. The lowest BCUT2D eigenvalue weighted by Crippen LogP contribution is -2.40. The second-order valence-electron chi connectivity index (χ2n) is 4.87. The Kier molecular flexibility index (Phi) is 5.26. The van der Waals surface area contributed by atoms with Gasteiger partial charge in [0.1, 0.15) is 0 Å². The van der Waals surface area contributed by atoms with E-state index in [9.17, 15) is 4.79 Å². The molecule has 0 amide bonds. The quantitative estimate of drug-likeness (QED) is 0.676. The zero-order chi connectivity index (χ0) is 12.0. The summed E-state index contributed by atoms with van der Waals surface area (Å²) in [6.45, 7) is 7.73. The van der Waals surface area contributed by atoms with Crippen LogP contribution in [0.15, 0.2) is 0 Å². The van der Waals surface area contributed by atoms with E-state index in [1.54, 1.807) is 0 Å². The van der Waals surface area contributed by atoms with E-state index in [0.29, 0.717) is 11.8 Å². The molecule has 0 radical (unpaired) electrons. The van der Waals surface area contributed by atoms with Gasteiger partial charge in [-0.15, -0.1) is 0 Å². The molecule has 1 aliphatic heterocycles. The minimum Gasteiger partial charge on any atom is -0.469 e. The van der Waals surface area contributed by atoms with Crippen LogP contribution in [0.3, 0.4) is 0 Å². The molecule has 0 aromatic carbocycles. The number of methoxy groups -OCH3 is 1. The van der Waals surface area contributed by atoms with Crippen molar-refractivity contribution in [2.75, 3.05) is 26.7 Å². The van der Waals surface area contributed by atoms with Gasteiger partial charge in [-0.25, -0.2) is 0 Å². The average molecular weight is 227 g/mol. The van der Waals surface area contributed by atoms with E-state index in [4.69, 9.17) is 0 Å². The molecule has 0 aliphatic carbocycles. The number of esters is 1. The minimum absolute atomic E-state index is 0.0946. The summed E-state index contributed by atoms with van der Waals surface area (Å²) in [5.74, 6) is -0.0946. The van der Waals surface area contributed by atoms with E-state index in [-0.39, 0.29) is 5.97 Å². The monoisotopic (exact) mass is 227 g/mol. The normalized spacial score (nSPS) is 20.7. The van der Waals surface area contributed by atoms with Gasteiger partial charge in [-0.2, -0.15) is 0 Å². The van der Waals surface area contributed by atoms with Gasteiger partial charge in [0.05, 0.1) is 13.5 Å². The number of nitrogens with zero attached hydrogens (tertiary/aromatic N) is 1. The Hall–Kier alpha value is -0.570. The highest BCUT2D eigenvalue weighted by Gasteiger charge is 2.30. The van der Waals surface area contributed by atoms with Crippen molar-refractivity contribution in [3.8, 4) is 0 Å². The Morgan fingerprint density at radius 2 is 1.81 bits per heavy atom. The van der Waals surface area contributed by atoms with Crippen LogP contribution in [0.25, 0.3) is 0 Å². The molecule has 1 fully saturated rings. The first kappa shape index (κ1) is 13.5. The maximum atomic E-state index is 11.0. The van der Waals surface area contributed by atoms with Crippen LogP contribution in [0.5, 0.6) is 0 Å². The summed E-state index contributed by atoms with van der Waals surface area (Å²) in [5, 5.41) is 0. The molecule has 16 heavy (non-hydrogen) atoms. The Morgan fingerprint density at radius 1 is 1.25 bits per heavy atom. The van der Waals surface area contributed by atoms with E-state index in [2.05, 4.69) is 23.5 Å². The van der Waals surface area contributed by atoms with Gasteiger partial charge in [-0.3, -0.25) is 4.79 Å². The van der Waals surface area contributed by atoms with Gasteiger partial charge < -0.3 is 9.64 Å². The fraction of sp³-hybridized carbons (Fsp3) is 0.923. The van der Waals surface area contributed by atoms with Gasteiger partial charge >= 0.3 is 5.97 Å². The largest absolute Gasteiger partial charge is 0.469 e. The van der Waals surface area contributed by atoms with Crippen molar-refractivity contribution < 1.29 is 9.53 Å². The molecule has 94 valence electrons. The number of carbonyl (C=O) groups is 1. The predicted molar refractivity (Wildman–Crippen MR) is 65.3 cm³/mol. The summed E-state index contributed by atoms with van der Waals surface area (Å²) in [5.41, 5.74) is 0.571. The number of ether oxygens (including phenoxy) is 1. The second kappa shape index (κ2) is 6.24. The molecule has 0 N–H and O–H groups in total. The Morgan fingerprint density at radius 3 is 2.25 bits per heavy atom. The fourth-order valence-electron chi connectivity index (χ4n) is 2.56. The van der Waals surface area contributed by atoms with E-state index in [1.165, 1.54) is 32.8 Å². The third-order valence-electron chi connectivity index (χ3n) is 4.28. The van der Waals surface area contributed by atoms with E-state index in [0.717, 1.165) is 19.6 Å². The lowest BCUT2D eigenvalue weighted by molar-refractivity contribution is -0.141. The molecule has 0 aromatic rings. The third-order valence-corrected chi connectivity index (χ3v) is 4.28. The molecule has 1 saturated heterocycles. The van der Waals surface area contributed by atoms with Crippen molar-refractivity contribution >= 4 is 5.97 Å². The summed E-state index contributed by atoms with van der Waals surface area (Å²) in [6.07, 6.45) is 5.66. The summed E-state index contributed by atoms with van der Waals surface area (Å²) in [4.78, 5) is 13.4. The van der Waals surface area contributed by atoms with Crippen LogP contribution in [0.4, 0.5) is 0 Å². The average Bonchev–Trinajstić information content (AvgIpc) is 2.36. The smallest absolute Gasteiger partial charge is 0.306 e. The molecule has 1 aliphatic rings. The topological polar surface area (TPSA) is 29.5 Å². The van der Waals surface area contributed by atoms with Crippen molar-refractivity contribution in [1.29, 1.82) is 0 Å². The number of rotatable bonds is 5. The number of likely N-dealkylation sites (tertiary alicyclic amines) is 1. The highest BCUT2D eigenvalue weighted by Crippen LogP contribution is 2.37. The van der Waals surface area contributed by atoms with Crippen LogP contribution >= 0.6 is 0 Å². The van der Waals surface area contributed by atoms with Gasteiger partial charge in [0.25, 0.3) is 0 Å². The van der Waals surface area contributed by atoms with Gasteiger partial charge in [-0.1, -0.05) is 26.7 Å². The molecule has 0 spiro atoms. The number of carbonyl (C=O) groups excluding carboxylic acids is 1. The van der Waals surface area contributed by atoms with Gasteiger partial charge in [0, 0.05) is 6.54 Å². The molecule has 3 nitrogen and oxygen atoms in total. The molecule has 0 atom stereocenters. The zero-order valence-corrected chi connectivity index (χ0v) is 10.9. The third kappa shape index (κ3) is 3.48. The molecule has 1 heterocycles. The van der Waals surface area contributed by atoms with Gasteiger partial charge in [-0.05, 0) is 31.3 Å². The van der Waals surface area contributed by atoms with Gasteiger partial charge in [0.15, 0.2) is 0 Å². The van der Waals surface area contributed by atoms with Crippen molar-refractivity contribution in [2.45, 2.75) is 46.0 Å². The second-order valence-corrected chi connectivity index (χ2v) is 4.87. The van der Waals surface area contributed by atoms with Crippen molar-refractivity contribution in [2.24, 2.45) is 5.41 Å². The first-order chi connectivity index (χ1) is 7.65. The number of piperidine rings is 1. The molecule has 0 unspecified atom stereocenters. The predicted octanol–water partition coefficient (Wildman–Crippen LogP) is 2.45. The van der Waals surface area contributed by atoms with Crippen molar-refractivity contribution in [3.05, 3.63) is 0 Å². The van der Waals surface area contributed by atoms with Crippen molar-refractivity contribution in [3.63, 3.8) is 0 Å². The van der Waals surface area contributed by atoms with Crippen LogP contribution in [0.1, 0.15) is 46.0 Å². The summed E-state index contributed by atoms with van der Waals surface area (Å²) in [6, 6.07) is 0. The lowest BCUT2D eigenvalue weighted by Gasteiger charge is -2.40. The molecule has 3 heteroatoms. The molecular formula is C13H25NO2. The van der Waals surface area contributed by atoms with E-state index < -0.39 is 0 Å². The molecular weight excluding hydrogens is 202 g/mol.